The van der Waals surface area contributed by atoms with E-state index in [0.29, 0.717) is 0 Å². The molecule has 1 aromatic heterocycles. The van der Waals surface area contributed by atoms with Gasteiger partial charge >= 0.3 is 0 Å². The second-order valence-electron chi connectivity index (χ2n) is 4.53. The Kier molecular flexibility index (Phi) is 4.66. The normalized spacial score (nSPS) is 12.6. The third kappa shape index (κ3) is 3.61. The molecule has 2 rings (SSSR count). The van der Waals surface area contributed by atoms with Crippen LogP contribution in [0.4, 0.5) is 0 Å². The van der Waals surface area contributed by atoms with Crippen LogP contribution in [-0.4, -0.2) is 26.8 Å². The number of hydrogen-bond donors (Lipinski definition) is 1. The summed E-state index contributed by atoms with van der Waals surface area (Å²) < 4.78 is 1.10. The predicted molar refractivity (Wildman–Crippen MR) is 77.8 cm³/mol. The number of halogens is 1. The molecule has 1 unspecified atom stereocenters. The molecule has 2 aromatic rings. The summed E-state index contributed by atoms with van der Waals surface area (Å²) in [6, 6.07) is 6.55. The standard InChI is InChI=1S/C13H18BrN5/c1-4-15-12(8-13-16-18-19(3)17-13)10-7-9(2)5-6-11(10)14/h5-7,12,15H,4,8H2,1-3H3. The summed E-state index contributed by atoms with van der Waals surface area (Å²) >= 11 is 3.62. The molecular formula is C13H18BrN5. The number of benzene rings is 1. The van der Waals surface area contributed by atoms with Crippen LogP contribution in [-0.2, 0) is 13.5 Å². The van der Waals surface area contributed by atoms with E-state index in [2.05, 4.69) is 68.7 Å². The Balaban J connectivity index is 2.26. The van der Waals surface area contributed by atoms with Gasteiger partial charge in [-0.3, -0.25) is 0 Å². The van der Waals surface area contributed by atoms with Crippen molar-refractivity contribution in [1.29, 1.82) is 0 Å². The largest absolute Gasteiger partial charge is 0.310 e. The molecule has 1 N–H and O–H groups in total. The molecule has 0 saturated carbocycles. The lowest BCUT2D eigenvalue weighted by atomic mass is 10.0. The van der Waals surface area contributed by atoms with Gasteiger partial charge in [0.2, 0.25) is 0 Å². The number of aromatic nitrogens is 4. The minimum absolute atomic E-state index is 0.184. The monoisotopic (exact) mass is 323 g/mol. The van der Waals surface area contributed by atoms with E-state index in [1.807, 2.05) is 0 Å². The van der Waals surface area contributed by atoms with Gasteiger partial charge in [-0.15, -0.1) is 10.2 Å². The molecule has 6 heteroatoms. The highest BCUT2D eigenvalue weighted by Crippen LogP contribution is 2.26. The van der Waals surface area contributed by atoms with Crippen LogP contribution in [0.3, 0.4) is 0 Å². The minimum Gasteiger partial charge on any atom is -0.310 e. The van der Waals surface area contributed by atoms with Crippen LogP contribution in [0.15, 0.2) is 22.7 Å². The van der Waals surface area contributed by atoms with Gasteiger partial charge in [0, 0.05) is 16.9 Å². The third-order valence-corrected chi connectivity index (χ3v) is 3.64. The first kappa shape index (κ1) is 14.1. The Hall–Kier alpha value is -1.27. The Bertz CT molecular complexity index is 552. The summed E-state index contributed by atoms with van der Waals surface area (Å²) in [6.07, 6.45) is 0.726. The maximum Gasteiger partial charge on any atom is 0.176 e. The maximum absolute atomic E-state index is 4.25. The first-order chi connectivity index (χ1) is 9.10. The van der Waals surface area contributed by atoms with Gasteiger partial charge in [-0.25, -0.2) is 0 Å². The van der Waals surface area contributed by atoms with Crippen molar-refractivity contribution in [3.05, 3.63) is 39.6 Å². The highest BCUT2D eigenvalue weighted by atomic mass is 79.9. The lowest BCUT2D eigenvalue weighted by Gasteiger charge is -2.18. The van der Waals surface area contributed by atoms with Crippen molar-refractivity contribution in [3.8, 4) is 0 Å². The average molecular weight is 324 g/mol. The average Bonchev–Trinajstić information content (AvgIpc) is 2.77. The lowest BCUT2D eigenvalue weighted by molar-refractivity contribution is 0.532. The van der Waals surface area contributed by atoms with Crippen molar-refractivity contribution in [2.45, 2.75) is 26.3 Å². The minimum atomic E-state index is 0.184. The fourth-order valence-corrected chi connectivity index (χ4v) is 2.58. The van der Waals surface area contributed by atoms with E-state index in [-0.39, 0.29) is 6.04 Å². The van der Waals surface area contributed by atoms with Gasteiger partial charge in [0.15, 0.2) is 5.82 Å². The van der Waals surface area contributed by atoms with Crippen molar-refractivity contribution < 1.29 is 0 Å². The van der Waals surface area contributed by atoms with Crippen LogP contribution < -0.4 is 5.32 Å². The molecule has 5 nitrogen and oxygen atoms in total. The molecule has 1 atom stereocenters. The van der Waals surface area contributed by atoms with Crippen LogP contribution in [0.1, 0.15) is 29.9 Å². The highest BCUT2D eigenvalue weighted by molar-refractivity contribution is 9.10. The molecule has 1 aromatic carbocycles. The maximum atomic E-state index is 4.25. The SMILES string of the molecule is CCNC(Cc1nnn(C)n1)c1cc(C)ccc1Br. The molecule has 1 heterocycles. The van der Waals surface area contributed by atoms with E-state index in [9.17, 15) is 0 Å². The first-order valence-corrected chi connectivity index (χ1v) is 7.11. The van der Waals surface area contributed by atoms with Gasteiger partial charge in [-0.2, -0.15) is 4.80 Å². The van der Waals surface area contributed by atoms with Crippen LogP contribution in [0, 0.1) is 6.92 Å². The van der Waals surface area contributed by atoms with E-state index in [0.717, 1.165) is 23.3 Å². The van der Waals surface area contributed by atoms with Gasteiger partial charge in [0.25, 0.3) is 0 Å². The molecule has 0 saturated heterocycles. The molecular weight excluding hydrogens is 306 g/mol. The van der Waals surface area contributed by atoms with Crippen molar-refractivity contribution >= 4 is 15.9 Å². The zero-order chi connectivity index (χ0) is 13.8. The van der Waals surface area contributed by atoms with E-state index in [1.165, 1.54) is 15.9 Å². The number of nitrogens with one attached hydrogen (secondary N) is 1. The van der Waals surface area contributed by atoms with Gasteiger partial charge in [0.05, 0.1) is 7.05 Å². The molecule has 0 radical (unpaired) electrons. The summed E-state index contributed by atoms with van der Waals surface area (Å²) in [6.45, 7) is 5.09. The second-order valence-corrected chi connectivity index (χ2v) is 5.39. The summed E-state index contributed by atoms with van der Waals surface area (Å²) in [7, 11) is 1.78. The summed E-state index contributed by atoms with van der Waals surface area (Å²) in [5.41, 5.74) is 2.47. The van der Waals surface area contributed by atoms with Crippen LogP contribution >= 0.6 is 15.9 Å². The van der Waals surface area contributed by atoms with Crippen molar-refractivity contribution in [3.63, 3.8) is 0 Å². The van der Waals surface area contributed by atoms with E-state index < -0.39 is 0 Å². The van der Waals surface area contributed by atoms with E-state index >= 15 is 0 Å². The molecule has 102 valence electrons. The van der Waals surface area contributed by atoms with E-state index in [1.54, 1.807) is 7.05 Å². The fraction of sp³-hybridized carbons (Fsp3) is 0.462. The smallest absolute Gasteiger partial charge is 0.176 e. The Labute approximate surface area is 121 Å². The lowest BCUT2D eigenvalue weighted by Crippen LogP contribution is -2.24. The van der Waals surface area contributed by atoms with Gasteiger partial charge < -0.3 is 5.32 Å². The second kappa shape index (κ2) is 6.25. The number of rotatable bonds is 5. The predicted octanol–water partition coefficient (Wildman–Crippen LogP) is 2.17. The molecule has 0 spiro atoms. The molecule has 0 fully saturated rings. The van der Waals surface area contributed by atoms with Crippen molar-refractivity contribution in [2.24, 2.45) is 7.05 Å². The van der Waals surface area contributed by atoms with Gasteiger partial charge in [-0.1, -0.05) is 40.5 Å². The molecule has 0 amide bonds. The van der Waals surface area contributed by atoms with Crippen molar-refractivity contribution in [2.75, 3.05) is 6.54 Å². The number of aryl methyl sites for hydroxylation is 2. The molecule has 0 aliphatic rings. The Morgan fingerprint density at radius 2 is 2.21 bits per heavy atom. The van der Waals surface area contributed by atoms with Crippen LogP contribution in [0.5, 0.6) is 0 Å². The van der Waals surface area contributed by atoms with E-state index in [4.69, 9.17) is 0 Å². The number of tetrazole rings is 1. The Morgan fingerprint density at radius 1 is 1.42 bits per heavy atom. The van der Waals surface area contributed by atoms with Gasteiger partial charge in [-0.05, 0) is 30.3 Å². The Morgan fingerprint density at radius 3 is 2.84 bits per heavy atom. The van der Waals surface area contributed by atoms with Crippen LogP contribution in [0.2, 0.25) is 0 Å². The fourth-order valence-electron chi connectivity index (χ4n) is 2.06. The zero-order valence-corrected chi connectivity index (χ0v) is 13.0. The molecule has 0 bridgehead atoms. The highest BCUT2D eigenvalue weighted by Gasteiger charge is 2.17. The summed E-state index contributed by atoms with van der Waals surface area (Å²) in [5.74, 6) is 0.752. The van der Waals surface area contributed by atoms with Gasteiger partial charge in [0.1, 0.15) is 0 Å². The number of nitrogens with zero attached hydrogens (tertiary/aromatic N) is 4. The third-order valence-electron chi connectivity index (χ3n) is 2.91. The zero-order valence-electron chi connectivity index (χ0n) is 11.4. The summed E-state index contributed by atoms with van der Waals surface area (Å²) in [4.78, 5) is 1.49. The number of likely N-dealkylation sites (N-methyl/N-ethyl adjacent to an activating group) is 1. The molecule has 0 aliphatic heterocycles. The quantitative estimate of drug-likeness (QED) is 0.916. The molecule has 19 heavy (non-hydrogen) atoms. The number of hydrogen-bond acceptors (Lipinski definition) is 4. The topological polar surface area (TPSA) is 55.6 Å². The van der Waals surface area contributed by atoms with Crippen molar-refractivity contribution in [1.82, 2.24) is 25.5 Å². The first-order valence-electron chi connectivity index (χ1n) is 6.32. The summed E-state index contributed by atoms with van der Waals surface area (Å²) in [5, 5.41) is 15.7. The van der Waals surface area contributed by atoms with Crippen LogP contribution in [0.25, 0.3) is 0 Å². The molecule has 0 aliphatic carbocycles.